The summed E-state index contributed by atoms with van der Waals surface area (Å²) in [7, 11) is 0. The molecule has 1 fully saturated rings. The molecule has 1 aliphatic rings. The first kappa shape index (κ1) is 25.0. The second-order valence-electron chi connectivity index (χ2n) is 11.1. The van der Waals surface area contributed by atoms with Crippen LogP contribution < -0.4 is 10.6 Å². The monoisotopic (exact) mass is 497 g/mol. The van der Waals surface area contributed by atoms with Gasteiger partial charge in [-0.05, 0) is 84.5 Å². The number of rotatable bonds is 5. The van der Waals surface area contributed by atoms with Gasteiger partial charge in [0.25, 0.3) is 5.91 Å². The molecule has 0 saturated heterocycles. The minimum atomic E-state index is -0.205. The van der Waals surface area contributed by atoms with Gasteiger partial charge in [-0.25, -0.2) is 4.98 Å². The van der Waals surface area contributed by atoms with Crippen LogP contribution in [0.3, 0.4) is 0 Å². The van der Waals surface area contributed by atoms with Crippen LogP contribution in [0.4, 0.5) is 11.5 Å². The first-order chi connectivity index (χ1) is 17.7. The number of pyridine rings is 1. The lowest BCUT2D eigenvalue weighted by molar-refractivity contribution is 0.102. The summed E-state index contributed by atoms with van der Waals surface area (Å²) in [5.41, 5.74) is 6.32. The summed E-state index contributed by atoms with van der Waals surface area (Å²) in [6.07, 6.45) is 4.97. The van der Waals surface area contributed by atoms with Crippen molar-refractivity contribution < 1.29 is 9.90 Å². The Bertz CT molecular complexity index is 1410. The maximum absolute atomic E-state index is 13.1. The van der Waals surface area contributed by atoms with Gasteiger partial charge in [-0.2, -0.15) is 5.10 Å². The van der Waals surface area contributed by atoms with Crippen molar-refractivity contribution in [3.63, 3.8) is 0 Å². The minimum Gasteiger partial charge on any atom is -0.393 e. The number of amides is 1. The lowest BCUT2D eigenvalue weighted by Crippen LogP contribution is -2.28. The highest BCUT2D eigenvalue weighted by molar-refractivity contribution is 6.06. The van der Waals surface area contributed by atoms with Crippen molar-refractivity contribution in [2.24, 2.45) is 0 Å². The number of nitrogens with one attached hydrogen (secondary N) is 3. The average Bonchev–Trinajstić information content (AvgIpc) is 3.29. The number of hydrogen-bond acceptors (Lipinski definition) is 5. The zero-order chi connectivity index (χ0) is 26.2. The maximum Gasteiger partial charge on any atom is 0.255 e. The van der Waals surface area contributed by atoms with Crippen molar-refractivity contribution in [2.75, 3.05) is 10.6 Å². The van der Waals surface area contributed by atoms with Crippen LogP contribution in [0.2, 0.25) is 0 Å². The maximum atomic E-state index is 13.1. The number of aliphatic hydroxyl groups is 1. The fourth-order valence-corrected chi connectivity index (χ4v) is 5.07. The molecule has 1 aliphatic carbocycles. The molecule has 2 heterocycles. The van der Waals surface area contributed by atoms with Crippen molar-refractivity contribution in [2.45, 2.75) is 70.9 Å². The van der Waals surface area contributed by atoms with Gasteiger partial charge in [0.15, 0.2) is 11.5 Å². The third-order valence-corrected chi connectivity index (χ3v) is 7.38. The van der Waals surface area contributed by atoms with Crippen molar-refractivity contribution in [1.82, 2.24) is 15.2 Å². The van der Waals surface area contributed by atoms with Crippen LogP contribution in [0.1, 0.15) is 67.9 Å². The molecule has 192 valence electrons. The number of nitrogens with zero attached hydrogens (tertiary/aromatic N) is 2. The Balaban J connectivity index is 1.43. The fraction of sp³-hybridized carbons (Fsp3) is 0.367. The molecule has 0 atom stereocenters. The highest BCUT2D eigenvalue weighted by atomic mass is 16.3. The number of hydrogen-bond donors (Lipinski definition) is 4. The highest BCUT2D eigenvalue weighted by Gasteiger charge is 2.22. The number of aliphatic hydroxyl groups excluding tert-OH is 1. The average molecular weight is 498 g/mol. The largest absolute Gasteiger partial charge is 0.393 e. The van der Waals surface area contributed by atoms with Crippen LogP contribution in [-0.4, -0.2) is 38.3 Å². The molecule has 5 rings (SSSR count). The molecule has 0 aliphatic heterocycles. The Morgan fingerprint density at radius 1 is 1.00 bits per heavy atom. The molecule has 4 aromatic rings. The topological polar surface area (TPSA) is 103 Å². The summed E-state index contributed by atoms with van der Waals surface area (Å²) in [6.45, 7) is 8.50. The molecule has 0 spiro atoms. The Morgan fingerprint density at radius 3 is 2.43 bits per heavy atom. The molecule has 7 nitrogen and oxygen atoms in total. The summed E-state index contributed by atoms with van der Waals surface area (Å²) >= 11 is 0. The van der Waals surface area contributed by atoms with E-state index in [-0.39, 0.29) is 23.5 Å². The molecule has 1 amide bonds. The van der Waals surface area contributed by atoms with Crippen LogP contribution in [-0.2, 0) is 5.41 Å². The lowest BCUT2D eigenvalue weighted by atomic mass is 9.86. The van der Waals surface area contributed by atoms with Gasteiger partial charge < -0.3 is 15.7 Å². The van der Waals surface area contributed by atoms with Gasteiger partial charge in [0.2, 0.25) is 0 Å². The van der Waals surface area contributed by atoms with E-state index in [0.29, 0.717) is 11.2 Å². The van der Waals surface area contributed by atoms with E-state index in [0.717, 1.165) is 59.3 Å². The predicted octanol–water partition coefficient (Wildman–Crippen LogP) is 6.20. The minimum absolute atomic E-state index is 0.0365. The van der Waals surface area contributed by atoms with Crippen LogP contribution >= 0.6 is 0 Å². The van der Waals surface area contributed by atoms with Crippen LogP contribution in [0.25, 0.3) is 22.2 Å². The third-order valence-electron chi connectivity index (χ3n) is 7.38. The van der Waals surface area contributed by atoms with E-state index in [9.17, 15) is 9.90 Å². The summed E-state index contributed by atoms with van der Waals surface area (Å²) < 4.78 is 0. The third kappa shape index (κ3) is 5.23. The van der Waals surface area contributed by atoms with E-state index in [1.807, 2.05) is 49.4 Å². The van der Waals surface area contributed by atoms with Gasteiger partial charge in [-0.1, -0.05) is 45.0 Å². The van der Waals surface area contributed by atoms with Crippen LogP contribution in [0, 0.1) is 6.92 Å². The molecule has 1 saturated carbocycles. The number of carbonyl (C=O) groups is 1. The van der Waals surface area contributed by atoms with E-state index in [1.54, 1.807) is 6.20 Å². The number of H-pyrrole nitrogens is 1. The number of carbonyl (C=O) groups excluding carboxylic acids is 1. The fourth-order valence-electron chi connectivity index (χ4n) is 5.07. The first-order valence-electron chi connectivity index (χ1n) is 13.0. The zero-order valence-electron chi connectivity index (χ0n) is 21.9. The van der Waals surface area contributed by atoms with Gasteiger partial charge in [-0.3, -0.25) is 9.89 Å². The second kappa shape index (κ2) is 9.98. The van der Waals surface area contributed by atoms with Crippen molar-refractivity contribution in [3.05, 3.63) is 71.4 Å². The van der Waals surface area contributed by atoms with Gasteiger partial charge in [0.05, 0.1) is 11.5 Å². The molecule has 0 unspecified atom stereocenters. The summed E-state index contributed by atoms with van der Waals surface area (Å²) in [6, 6.07) is 16.0. The standard InChI is InChI=1S/C30H35N5O2/c1-18-23(6-5-7-25(18)33-29(37)19-8-10-20(11-9-19)30(2,3)4)24-16-17-31-27-26(24)28(35-34-27)32-21-12-14-22(36)15-13-21/h5-11,16-17,21-22,36H,12-15H2,1-4H3,(H,33,37)(H2,31,32,34,35). The van der Waals surface area contributed by atoms with Gasteiger partial charge >= 0.3 is 0 Å². The zero-order valence-corrected chi connectivity index (χ0v) is 21.9. The van der Waals surface area contributed by atoms with E-state index in [2.05, 4.69) is 52.7 Å². The van der Waals surface area contributed by atoms with E-state index in [1.165, 1.54) is 5.56 Å². The summed E-state index contributed by atoms with van der Waals surface area (Å²) in [5.74, 6) is 0.637. The summed E-state index contributed by atoms with van der Waals surface area (Å²) in [5, 5.41) is 25.1. The molecular weight excluding hydrogens is 462 g/mol. The Hall–Kier alpha value is -3.71. The van der Waals surface area contributed by atoms with Gasteiger partial charge in [0.1, 0.15) is 0 Å². The van der Waals surface area contributed by atoms with Crippen LogP contribution in [0.15, 0.2) is 54.7 Å². The predicted molar refractivity (Wildman–Crippen MR) is 149 cm³/mol. The number of fused-ring (bicyclic) bond motifs is 1. The normalized spacial score (nSPS) is 18.1. The van der Waals surface area contributed by atoms with E-state index < -0.39 is 0 Å². The van der Waals surface area contributed by atoms with Crippen LogP contribution in [0.5, 0.6) is 0 Å². The Labute approximate surface area is 217 Å². The molecule has 0 radical (unpaired) electrons. The van der Waals surface area contributed by atoms with E-state index >= 15 is 0 Å². The number of aromatic amines is 1. The molecule has 4 N–H and O–H groups in total. The molecule has 0 bridgehead atoms. The number of aromatic nitrogens is 3. The van der Waals surface area contributed by atoms with Crippen molar-refractivity contribution >= 4 is 28.4 Å². The van der Waals surface area contributed by atoms with Gasteiger partial charge in [-0.15, -0.1) is 0 Å². The number of benzene rings is 2. The Morgan fingerprint density at radius 2 is 1.73 bits per heavy atom. The highest BCUT2D eigenvalue weighted by Crippen LogP contribution is 2.36. The van der Waals surface area contributed by atoms with E-state index in [4.69, 9.17) is 0 Å². The first-order valence-corrected chi connectivity index (χ1v) is 13.0. The SMILES string of the molecule is Cc1c(NC(=O)c2ccc(C(C)(C)C)cc2)cccc1-c1ccnc2[nH]nc(NC3CCC(O)CC3)c12. The second-order valence-corrected chi connectivity index (χ2v) is 11.1. The van der Waals surface area contributed by atoms with Crippen molar-refractivity contribution in [3.8, 4) is 11.1 Å². The molecule has 7 heteroatoms. The quantitative estimate of drug-likeness (QED) is 0.263. The smallest absolute Gasteiger partial charge is 0.255 e. The molecule has 2 aromatic heterocycles. The van der Waals surface area contributed by atoms with Gasteiger partial charge in [0, 0.05) is 23.5 Å². The van der Waals surface area contributed by atoms with Crippen molar-refractivity contribution in [1.29, 1.82) is 0 Å². The summed E-state index contributed by atoms with van der Waals surface area (Å²) in [4.78, 5) is 17.6. The number of anilines is 2. The lowest BCUT2D eigenvalue weighted by Gasteiger charge is -2.26. The molecule has 2 aromatic carbocycles. The molecule has 37 heavy (non-hydrogen) atoms. The molecular formula is C30H35N5O2. The Kier molecular flexibility index (Phi) is 6.73.